The van der Waals surface area contributed by atoms with Gasteiger partial charge < -0.3 is 19.8 Å². The van der Waals surface area contributed by atoms with Crippen LogP contribution in [0.1, 0.15) is 24.2 Å². The Morgan fingerprint density at radius 3 is 2.68 bits per heavy atom. The number of nitrogens with zero attached hydrogens (tertiary/aromatic N) is 2. The Hall–Kier alpha value is -1.61. The Morgan fingerprint density at radius 2 is 2.16 bits per heavy atom. The maximum Gasteiger partial charge on any atom is 0.0992 e. The Bertz CT molecular complexity index is 441. The molecule has 1 atom stereocenters. The van der Waals surface area contributed by atoms with E-state index in [1.54, 1.807) is 32.2 Å². The largest absolute Gasteiger partial charge is 0.395 e. The van der Waals surface area contributed by atoms with Crippen molar-refractivity contribution >= 4 is 5.69 Å². The van der Waals surface area contributed by atoms with E-state index in [1.165, 1.54) is 0 Å². The summed E-state index contributed by atoms with van der Waals surface area (Å²) < 4.78 is 5.05. The number of benzene rings is 1. The van der Waals surface area contributed by atoms with Gasteiger partial charge in [0.25, 0.3) is 0 Å². The Balaban J connectivity index is 3.13. The van der Waals surface area contributed by atoms with Crippen LogP contribution in [0.4, 0.5) is 5.69 Å². The fourth-order valence-corrected chi connectivity index (χ4v) is 1.92. The molecule has 1 aromatic carbocycles. The van der Waals surface area contributed by atoms with Crippen LogP contribution in [-0.4, -0.2) is 43.6 Å². The summed E-state index contributed by atoms with van der Waals surface area (Å²) in [4.78, 5) is 1.91. The Labute approximate surface area is 113 Å². The van der Waals surface area contributed by atoms with Gasteiger partial charge in [-0.05, 0) is 19.1 Å². The van der Waals surface area contributed by atoms with Gasteiger partial charge in [0, 0.05) is 31.5 Å². The van der Waals surface area contributed by atoms with E-state index in [2.05, 4.69) is 6.07 Å². The lowest BCUT2D eigenvalue weighted by Gasteiger charge is -2.27. The van der Waals surface area contributed by atoms with E-state index in [0.29, 0.717) is 25.3 Å². The van der Waals surface area contributed by atoms with Crippen molar-refractivity contribution in [2.75, 3.05) is 38.3 Å². The second kappa shape index (κ2) is 7.74. The van der Waals surface area contributed by atoms with Crippen LogP contribution < -0.4 is 4.90 Å². The zero-order valence-electron chi connectivity index (χ0n) is 11.3. The van der Waals surface area contributed by atoms with Crippen molar-refractivity contribution in [2.24, 2.45) is 0 Å². The number of rotatable bonds is 7. The standard InChI is InChI=1S/C14H20N2O3/c1-11(18)13-4-3-12(10-15)9-14(13)16(5-7-17)6-8-19-2/h3-4,9,11,17-18H,5-8H2,1-2H3/t11-/m0/s1. The fraction of sp³-hybridized carbons (Fsp3) is 0.500. The number of aliphatic hydroxyl groups is 2. The first-order chi connectivity index (χ1) is 9.13. The molecule has 0 aliphatic heterocycles. The molecule has 1 rings (SSSR count). The summed E-state index contributed by atoms with van der Waals surface area (Å²) in [7, 11) is 1.61. The minimum absolute atomic E-state index is 0.000253. The molecule has 5 heteroatoms. The normalized spacial score (nSPS) is 11.9. The van der Waals surface area contributed by atoms with Crippen molar-refractivity contribution in [2.45, 2.75) is 13.0 Å². The van der Waals surface area contributed by atoms with E-state index < -0.39 is 6.10 Å². The van der Waals surface area contributed by atoms with E-state index in [-0.39, 0.29) is 6.61 Å². The second-order valence-electron chi connectivity index (χ2n) is 4.26. The van der Waals surface area contributed by atoms with Crippen molar-refractivity contribution in [1.29, 1.82) is 5.26 Å². The average molecular weight is 264 g/mol. The van der Waals surface area contributed by atoms with E-state index in [1.807, 2.05) is 4.90 Å². The Morgan fingerprint density at radius 1 is 1.42 bits per heavy atom. The quantitative estimate of drug-likeness (QED) is 0.770. The smallest absolute Gasteiger partial charge is 0.0992 e. The molecule has 0 aliphatic carbocycles. The van der Waals surface area contributed by atoms with Gasteiger partial charge >= 0.3 is 0 Å². The summed E-state index contributed by atoms with van der Waals surface area (Å²) in [6, 6.07) is 7.24. The molecule has 0 aliphatic rings. The molecule has 0 amide bonds. The zero-order valence-corrected chi connectivity index (χ0v) is 11.3. The number of ether oxygens (including phenoxy) is 1. The topological polar surface area (TPSA) is 76.7 Å². The highest BCUT2D eigenvalue weighted by Crippen LogP contribution is 2.27. The molecular weight excluding hydrogens is 244 g/mol. The van der Waals surface area contributed by atoms with Crippen LogP contribution in [0.25, 0.3) is 0 Å². The first kappa shape index (κ1) is 15.4. The lowest BCUT2D eigenvalue weighted by atomic mass is 10.0. The van der Waals surface area contributed by atoms with Gasteiger partial charge in [0.1, 0.15) is 0 Å². The van der Waals surface area contributed by atoms with Crippen LogP contribution in [0.3, 0.4) is 0 Å². The van der Waals surface area contributed by atoms with Crippen LogP contribution >= 0.6 is 0 Å². The maximum absolute atomic E-state index is 9.81. The van der Waals surface area contributed by atoms with Crippen LogP contribution in [-0.2, 0) is 4.74 Å². The van der Waals surface area contributed by atoms with E-state index in [4.69, 9.17) is 15.1 Å². The molecule has 0 aromatic heterocycles. The van der Waals surface area contributed by atoms with Gasteiger partial charge in [-0.3, -0.25) is 0 Å². The highest BCUT2D eigenvalue weighted by molar-refractivity contribution is 5.58. The highest BCUT2D eigenvalue weighted by Gasteiger charge is 2.15. The lowest BCUT2D eigenvalue weighted by Crippen LogP contribution is -2.31. The van der Waals surface area contributed by atoms with Gasteiger partial charge in [0.15, 0.2) is 0 Å². The zero-order chi connectivity index (χ0) is 14.3. The first-order valence-corrected chi connectivity index (χ1v) is 6.21. The number of aliphatic hydroxyl groups excluding tert-OH is 2. The van der Waals surface area contributed by atoms with Gasteiger partial charge in [-0.2, -0.15) is 5.26 Å². The minimum atomic E-state index is -0.633. The molecule has 5 nitrogen and oxygen atoms in total. The molecular formula is C14H20N2O3. The summed E-state index contributed by atoms with van der Waals surface area (Å²) in [6.07, 6.45) is -0.633. The molecule has 0 saturated heterocycles. The molecule has 104 valence electrons. The number of methoxy groups -OCH3 is 1. The third-order valence-corrected chi connectivity index (χ3v) is 2.89. The third kappa shape index (κ3) is 4.21. The summed E-state index contributed by atoms with van der Waals surface area (Å²) in [5.74, 6) is 0. The summed E-state index contributed by atoms with van der Waals surface area (Å²) in [5.41, 5.74) is 2.03. The van der Waals surface area contributed by atoms with Crippen LogP contribution in [0, 0.1) is 11.3 Å². The number of anilines is 1. The van der Waals surface area contributed by atoms with Crippen molar-refractivity contribution in [3.8, 4) is 6.07 Å². The third-order valence-electron chi connectivity index (χ3n) is 2.89. The molecule has 0 heterocycles. The predicted molar refractivity (Wildman–Crippen MR) is 73.0 cm³/mol. The van der Waals surface area contributed by atoms with Gasteiger partial charge in [0.2, 0.25) is 0 Å². The van der Waals surface area contributed by atoms with E-state index in [9.17, 15) is 5.11 Å². The lowest BCUT2D eigenvalue weighted by molar-refractivity contribution is 0.196. The number of hydrogen-bond acceptors (Lipinski definition) is 5. The molecule has 0 saturated carbocycles. The van der Waals surface area contributed by atoms with Gasteiger partial charge in [-0.15, -0.1) is 0 Å². The maximum atomic E-state index is 9.81. The van der Waals surface area contributed by atoms with Gasteiger partial charge in [0.05, 0.1) is 31.0 Å². The molecule has 0 radical (unpaired) electrons. The second-order valence-corrected chi connectivity index (χ2v) is 4.26. The highest BCUT2D eigenvalue weighted by atomic mass is 16.5. The minimum Gasteiger partial charge on any atom is -0.395 e. The van der Waals surface area contributed by atoms with Crippen molar-refractivity contribution in [3.05, 3.63) is 29.3 Å². The summed E-state index contributed by atoms with van der Waals surface area (Å²) in [5, 5.41) is 27.9. The van der Waals surface area contributed by atoms with E-state index in [0.717, 1.165) is 11.3 Å². The molecule has 19 heavy (non-hydrogen) atoms. The van der Waals surface area contributed by atoms with Crippen molar-refractivity contribution < 1.29 is 14.9 Å². The Kier molecular flexibility index (Phi) is 6.30. The van der Waals surface area contributed by atoms with Crippen LogP contribution in [0.15, 0.2) is 18.2 Å². The monoisotopic (exact) mass is 264 g/mol. The van der Waals surface area contributed by atoms with Crippen LogP contribution in [0.2, 0.25) is 0 Å². The van der Waals surface area contributed by atoms with E-state index >= 15 is 0 Å². The molecule has 0 bridgehead atoms. The average Bonchev–Trinajstić information content (AvgIpc) is 2.42. The molecule has 0 unspecified atom stereocenters. The number of nitriles is 1. The van der Waals surface area contributed by atoms with Crippen molar-refractivity contribution in [1.82, 2.24) is 0 Å². The molecule has 1 aromatic rings. The summed E-state index contributed by atoms with van der Waals surface area (Å²) in [6.45, 7) is 3.21. The van der Waals surface area contributed by atoms with Gasteiger partial charge in [-0.1, -0.05) is 6.07 Å². The fourth-order valence-electron chi connectivity index (χ4n) is 1.92. The first-order valence-electron chi connectivity index (χ1n) is 6.21. The van der Waals surface area contributed by atoms with Gasteiger partial charge in [-0.25, -0.2) is 0 Å². The number of hydrogen-bond donors (Lipinski definition) is 2. The predicted octanol–water partition coefficient (Wildman–Crippen LogP) is 1.06. The molecule has 0 spiro atoms. The molecule has 0 fully saturated rings. The van der Waals surface area contributed by atoms with Crippen LogP contribution in [0.5, 0.6) is 0 Å². The summed E-state index contributed by atoms with van der Waals surface area (Å²) >= 11 is 0. The SMILES string of the molecule is COCCN(CCO)c1cc(C#N)ccc1[C@H](C)O. The van der Waals surface area contributed by atoms with Crippen molar-refractivity contribution in [3.63, 3.8) is 0 Å². The molecule has 2 N–H and O–H groups in total.